The van der Waals surface area contributed by atoms with Crippen LogP contribution in [0.3, 0.4) is 0 Å². The Morgan fingerprint density at radius 1 is 0.594 bits per heavy atom. The number of nitriles is 1. The van der Waals surface area contributed by atoms with Crippen molar-refractivity contribution in [3.05, 3.63) is 95.1 Å². The van der Waals surface area contributed by atoms with E-state index in [4.69, 9.17) is 10.00 Å². The van der Waals surface area contributed by atoms with Gasteiger partial charge in [-0.3, -0.25) is 0 Å². The average molecular weight is 428 g/mol. The van der Waals surface area contributed by atoms with Crippen molar-refractivity contribution in [3.63, 3.8) is 0 Å². The van der Waals surface area contributed by atoms with Crippen LogP contribution in [0.25, 0.3) is 0 Å². The fraction of sp³-hybridized carbons (Fsp3) is 0.345. The Hall–Kier alpha value is -3.25. The lowest BCUT2D eigenvalue weighted by Crippen LogP contribution is -1.95. The van der Waals surface area contributed by atoms with E-state index in [9.17, 15) is 5.11 Å². The number of hydrogen-bond donors (Lipinski definition) is 1. The number of ether oxygens (including phenoxy) is 1. The smallest absolute Gasteiger partial charge is 0.119 e. The predicted molar refractivity (Wildman–Crippen MR) is 130 cm³/mol. The summed E-state index contributed by atoms with van der Waals surface area (Å²) in [5.74, 6) is 1.23. The molecule has 0 bridgehead atoms. The number of aryl methyl sites for hydroxylation is 2. The molecule has 3 nitrogen and oxygen atoms in total. The van der Waals surface area contributed by atoms with Crippen molar-refractivity contribution in [2.75, 3.05) is 0 Å². The third kappa shape index (κ3) is 8.47. The summed E-state index contributed by atoms with van der Waals surface area (Å²) in [6, 6.07) is 25.6. The number of unbranched alkanes of at least 4 members (excludes halogenated alkanes) is 6. The molecule has 0 aliphatic carbocycles. The largest absolute Gasteiger partial charge is 0.508 e. The van der Waals surface area contributed by atoms with Crippen molar-refractivity contribution in [2.45, 2.75) is 64.4 Å². The second-order valence-corrected chi connectivity index (χ2v) is 8.38. The Balaban J connectivity index is 1.21. The number of rotatable bonds is 13. The minimum atomic E-state index is 0.345. The van der Waals surface area contributed by atoms with E-state index >= 15 is 0 Å². The lowest BCUT2D eigenvalue weighted by atomic mass is 10.0. The van der Waals surface area contributed by atoms with Crippen molar-refractivity contribution in [3.8, 4) is 17.6 Å². The molecule has 3 aromatic rings. The number of nitrogens with zero attached hydrogens (tertiary/aromatic N) is 1. The van der Waals surface area contributed by atoms with Crippen LogP contribution in [-0.4, -0.2) is 5.11 Å². The van der Waals surface area contributed by atoms with Crippen molar-refractivity contribution in [1.82, 2.24) is 0 Å². The van der Waals surface area contributed by atoms with Crippen LogP contribution >= 0.6 is 0 Å². The molecule has 0 fully saturated rings. The lowest BCUT2D eigenvalue weighted by Gasteiger charge is -2.08. The monoisotopic (exact) mass is 427 g/mol. The van der Waals surface area contributed by atoms with Gasteiger partial charge in [-0.25, -0.2) is 0 Å². The van der Waals surface area contributed by atoms with E-state index in [1.165, 1.54) is 56.1 Å². The molecule has 1 N–H and O–H groups in total. The number of aromatic hydroxyl groups is 1. The zero-order valence-corrected chi connectivity index (χ0v) is 18.8. The molecular formula is C29H33NO2. The molecule has 3 aromatic carbocycles. The lowest BCUT2D eigenvalue weighted by molar-refractivity contribution is 0.306. The first-order valence-corrected chi connectivity index (χ1v) is 11.7. The van der Waals surface area contributed by atoms with E-state index in [0.29, 0.717) is 17.9 Å². The Morgan fingerprint density at radius 2 is 1.06 bits per heavy atom. The summed E-state index contributed by atoms with van der Waals surface area (Å²) in [7, 11) is 0. The highest BCUT2D eigenvalue weighted by molar-refractivity contribution is 5.32. The third-order valence-corrected chi connectivity index (χ3v) is 5.78. The zero-order chi connectivity index (χ0) is 22.4. The Kier molecular flexibility index (Phi) is 9.68. The summed E-state index contributed by atoms with van der Waals surface area (Å²) in [6.45, 7) is 0.514. The number of hydrogen-bond acceptors (Lipinski definition) is 3. The first-order chi connectivity index (χ1) is 15.7. The number of phenolic OH excluding ortho intramolecular Hbond substituents is 1. The van der Waals surface area contributed by atoms with E-state index in [1.807, 2.05) is 48.5 Å². The normalized spacial score (nSPS) is 10.6. The van der Waals surface area contributed by atoms with Gasteiger partial charge >= 0.3 is 0 Å². The van der Waals surface area contributed by atoms with Crippen LogP contribution in [-0.2, 0) is 19.4 Å². The van der Waals surface area contributed by atoms with Crippen LogP contribution in [0.4, 0.5) is 0 Å². The zero-order valence-electron chi connectivity index (χ0n) is 18.8. The van der Waals surface area contributed by atoms with E-state index in [-0.39, 0.29) is 0 Å². The number of benzene rings is 3. The van der Waals surface area contributed by atoms with Crippen LogP contribution in [0.2, 0.25) is 0 Å². The Labute approximate surface area is 192 Å². The Bertz CT molecular complexity index is 954. The molecule has 0 unspecified atom stereocenters. The van der Waals surface area contributed by atoms with Crippen molar-refractivity contribution in [2.24, 2.45) is 0 Å². The van der Waals surface area contributed by atoms with Crippen molar-refractivity contribution >= 4 is 0 Å². The van der Waals surface area contributed by atoms with Crippen LogP contribution in [0.15, 0.2) is 72.8 Å². The van der Waals surface area contributed by atoms with Crippen LogP contribution in [0.1, 0.15) is 67.2 Å². The molecule has 0 aliphatic heterocycles. The fourth-order valence-electron chi connectivity index (χ4n) is 3.80. The van der Waals surface area contributed by atoms with Gasteiger partial charge in [0.2, 0.25) is 0 Å². The van der Waals surface area contributed by atoms with Gasteiger partial charge in [-0.2, -0.15) is 5.26 Å². The van der Waals surface area contributed by atoms with Gasteiger partial charge in [-0.05, 0) is 78.8 Å². The summed E-state index contributed by atoms with van der Waals surface area (Å²) in [5.41, 5.74) is 4.41. The summed E-state index contributed by atoms with van der Waals surface area (Å²) in [6.07, 6.45) is 11.2. The molecule has 0 atom stereocenters. The van der Waals surface area contributed by atoms with Gasteiger partial charge in [-0.1, -0.05) is 68.5 Å². The van der Waals surface area contributed by atoms with Crippen LogP contribution in [0, 0.1) is 11.3 Å². The molecule has 0 radical (unpaired) electrons. The minimum absolute atomic E-state index is 0.345. The third-order valence-electron chi connectivity index (χ3n) is 5.78. The SMILES string of the molecule is N#Cc1ccc(COc2ccc(CCCCCCCCCc3ccc(O)cc3)cc2)cc1. The van der Waals surface area contributed by atoms with Crippen LogP contribution < -0.4 is 4.74 Å². The minimum Gasteiger partial charge on any atom is -0.508 e. The second-order valence-electron chi connectivity index (χ2n) is 8.38. The van der Waals surface area contributed by atoms with Crippen LogP contribution in [0.5, 0.6) is 11.5 Å². The first-order valence-electron chi connectivity index (χ1n) is 11.7. The van der Waals surface area contributed by atoms with E-state index < -0.39 is 0 Å². The van der Waals surface area contributed by atoms with Crippen molar-refractivity contribution < 1.29 is 9.84 Å². The second kappa shape index (κ2) is 13.2. The molecule has 0 aliphatic rings. The topological polar surface area (TPSA) is 53.2 Å². The number of phenols is 1. The highest BCUT2D eigenvalue weighted by Crippen LogP contribution is 2.17. The molecule has 32 heavy (non-hydrogen) atoms. The van der Waals surface area contributed by atoms with Gasteiger partial charge in [-0.15, -0.1) is 0 Å². The quantitative estimate of drug-likeness (QED) is 0.290. The Morgan fingerprint density at radius 3 is 1.59 bits per heavy atom. The van der Waals surface area contributed by atoms with Gasteiger partial charge in [0.25, 0.3) is 0 Å². The van der Waals surface area contributed by atoms with Crippen molar-refractivity contribution in [1.29, 1.82) is 5.26 Å². The molecule has 0 amide bonds. The van der Waals surface area contributed by atoms with Gasteiger partial charge < -0.3 is 9.84 Å². The first kappa shape index (κ1) is 23.4. The van der Waals surface area contributed by atoms with Gasteiger partial charge in [0.15, 0.2) is 0 Å². The van der Waals surface area contributed by atoms with E-state index in [2.05, 4.69) is 18.2 Å². The van der Waals surface area contributed by atoms with Gasteiger partial charge in [0.05, 0.1) is 11.6 Å². The molecule has 0 saturated carbocycles. The molecule has 0 heterocycles. The average Bonchev–Trinajstić information content (AvgIpc) is 2.84. The maximum Gasteiger partial charge on any atom is 0.119 e. The maximum absolute atomic E-state index is 9.32. The molecular weight excluding hydrogens is 394 g/mol. The molecule has 0 aromatic heterocycles. The molecule has 0 saturated heterocycles. The standard InChI is InChI=1S/C29H33NO2/c30-22-26-10-12-27(13-11-26)23-32-29-20-16-25(17-21-29)9-7-5-3-1-2-4-6-8-24-14-18-28(31)19-15-24/h10-21,31H,1-9,23H2. The maximum atomic E-state index is 9.32. The van der Waals surface area contributed by atoms with Gasteiger partial charge in [0, 0.05) is 0 Å². The van der Waals surface area contributed by atoms with Gasteiger partial charge in [0.1, 0.15) is 18.1 Å². The molecule has 3 rings (SSSR count). The molecule has 166 valence electrons. The highest BCUT2D eigenvalue weighted by atomic mass is 16.5. The molecule has 3 heteroatoms. The predicted octanol–water partition coefficient (Wildman–Crippen LogP) is 7.36. The fourth-order valence-corrected chi connectivity index (χ4v) is 3.80. The summed E-state index contributed by atoms with van der Waals surface area (Å²) in [4.78, 5) is 0. The van der Waals surface area contributed by atoms with E-state index in [1.54, 1.807) is 12.1 Å². The highest BCUT2D eigenvalue weighted by Gasteiger charge is 2.00. The molecule has 0 spiro atoms. The summed E-state index contributed by atoms with van der Waals surface area (Å²) in [5, 5.41) is 18.2. The summed E-state index contributed by atoms with van der Waals surface area (Å²) >= 11 is 0. The van der Waals surface area contributed by atoms with E-state index in [0.717, 1.165) is 24.2 Å². The summed E-state index contributed by atoms with van der Waals surface area (Å²) < 4.78 is 5.85.